The summed E-state index contributed by atoms with van der Waals surface area (Å²) in [5, 5.41) is 0. The topological polar surface area (TPSA) is 55.0 Å². The van der Waals surface area contributed by atoms with Crippen molar-refractivity contribution >= 4 is 29.2 Å². The van der Waals surface area contributed by atoms with Crippen LogP contribution in [0.3, 0.4) is 0 Å². The molecule has 4 rings (SSSR count). The summed E-state index contributed by atoms with van der Waals surface area (Å²) < 4.78 is 4.96. The predicted molar refractivity (Wildman–Crippen MR) is 122 cm³/mol. The predicted octanol–water partition coefficient (Wildman–Crippen LogP) is 5.73. The smallest absolute Gasteiger partial charge is 0.338 e. The van der Waals surface area contributed by atoms with E-state index in [1.807, 2.05) is 54.6 Å². The third kappa shape index (κ3) is 3.90. The van der Waals surface area contributed by atoms with Gasteiger partial charge in [-0.05, 0) is 59.9 Å². The van der Waals surface area contributed by atoms with Gasteiger partial charge in [0.2, 0.25) is 0 Å². The third-order valence-electron chi connectivity index (χ3n) is 5.46. The van der Waals surface area contributed by atoms with Crippen molar-refractivity contribution in [1.82, 2.24) is 9.97 Å². The van der Waals surface area contributed by atoms with E-state index in [4.69, 9.17) is 9.72 Å². The molecule has 0 atom stereocenters. The van der Waals surface area contributed by atoms with Crippen LogP contribution in [0.25, 0.3) is 23.2 Å². The van der Waals surface area contributed by atoms with Gasteiger partial charge in [-0.3, -0.25) is 0 Å². The molecule has 0 aliphatic heterocycles. The molecule has 150 valence electrons. The van der Waals surface area contributed by atoms with Crippen LogP contribution in [-0.2, 0) is 11.2 Å². The Labute approximate surface area is 176 Å². The van der Waals surface area contributed by atoms with Gasteiger partial charge < -0.3 is 9.72 Å². The van der Waals surface area contributed by atoms with Crippen molar-refractivity contribution in [2.24, 2.45) is 0 Å². The van der Waals surface area contributed by atoms with Gasteiger partial charge in [0.15, 0.2) is 0 Å². The van der Waals surface area contributed by atoms with E-state index >= 15 is 0 Å². The lowest BCUT2D eigenvalue weighted by Crippen LogP contribution is -2.07. The molecule has 0 aliphatic rings. The molecule has 4 heteroatoms. The molecular formula is C26H24N2O2. The Balaban J connectivity index is 1.77. The number of aromatic nitrogens is 2. The fourth-order valence-electron chi connectivity index (χ4n) is 3.69. The zero-order chi connectivity index (χ0) is 21.1. The number of fused-ring (bicyclic) bond motifs is 1. The number of rotatable bonds is 5. The molecule has 1 N–H and O–H groups in total. The monoisotopic (exact) mass is 396 g/mol. The average molecular weight is 396 g/mol. The Morgan fingerprint density at radius 2 is 1.77 bits per heavy atom. The zero-order valence-corrected chi connectivity index (χ0v) is 17.4. The molecule has 0 spiro atoms. The second-order valence-electron chi connectivity index (χ2n) is 7.38. The molecule has 4 aromatic rings. The van der Waals surface area contributed by atoms with E-state index in [0.717, 1.165) is 33.5 Å². The van der Waals surface area contributed by atoms with Crippen molar-refractivity contribution < 1.29 is 9.53 Å². The Morgan fingerprint density at radius 3 is 2.53 bits per heavy atom. The number of nitrogens with zero attached hydrogens (tertiary/aromatic N) is 1. The number of esters is 1. The number of aromatic amines is 1. The molecule has 0 radical (unpaired) electrons. The van der Waals surface area contributed by atoms with Crippen LogP contribution in [0.5, 0.6) is 0 Å². The number of ether oxygens (including phenoxy) is 1. The quantitative estimate of drug-likeness (QED) is 0.439. The van der Waals surface area contributed by atoms with Crippen LogP contribution >= 0.6 is 0 Å². The highest BCUT2D eigenvalue weighted by molar-refractivity contribution is 5.91. The molecule has 0 saturated carbocycles. The van der Waals surface area contributed by atoms with Crippen LogP contribution < -0.4 is 0 Å². The number of aryl methyl sites for hydroxylation is 1. The van der Waals surface area contributed by atoms with Gasteiger partial charge in [0, 0.05) is 6.42 Å². The Hall–Kier alpha value is -3.66. The van der Waals surface area contributed by atoms with Crippen LogP contribution in [-0.4, -0.2) is 23.0 Å². The molecule has 0 unspecified atom stereocenters. The van der Waals surface area contributed by atoms with Gasteiger partial charge in [-0.1, -0.05) is 54.6 Å². The van der Waals surface area contributed by atoms with E-state index in [9.17, 15) is 4.79 Å². The van der Waals surface area contributed by atoms with Gasteiger partial charge in [-0.25, -0.2) is 9.78 Å². The van der Waals surface area contributed by atoms with Gasteiger partial charge in [-0.2, -0.15) is 0 Å². The number of hydrogen-bond acceptors (Lipinski definition) is 3. The first-order valence-corrected chi connectivity index (χ1v) is 9.95. The molecule has 30 heavy (non-hydrogen) atoms. The van der Waals surface area contributed by atoms with Crippen molar-refractivity contribution in [3.05, 3.63) is 99.9 Å². The van der Waals surface area contributed by atoms with Gasteiger partial charge >= 0.3 is 5.97 Å². The van der Waals surface area contributed by atoms with E-state index in [0.29, 0.717) is 12.0 Å². The fraction of sp³-hybridized carbons (Fsp3) is 0.154. The molecule has 0 amide bonds. The average Bonchev–Trinajstić information content (AvgIpc) is 3.18. The van der Waals surface area contributed by atoms with Crippen molar-refractivity contribution in [2.45, 2.75) is 20.3 Å². The minimum Gasteiger partial charge on any atom is -0.465 e. The molecule has 0 fully saturated rings. The summed E-state index contributed by atoms with van der Waals surface area (Å²) in [4.78, 5) is 20.5. The first-order valence-electron chi connectivity index (χ1n) is 9.95. The number of carbonyl (C=O) groups is 1. The number of H-pyrrole nitrogens is 1. The largest absolute Gasteiger partial charge is 0.465 e. The van der Waals surface area contributed by atoms with Crippen molar-refractivity contribution in [1.29, 1.82) is 0 Å². The summed E-state index contributed by atoms with van der Waals surface area (Å²) in [6.07, 6.45) is 4.65. The van der Waals surface area contributed by atoms with Gasteiger partial charge in [0.1, 0.15) is 5.82 Å². The van der Waals surface area contributed by atoms with Gasteiger partial charge in [-0.15, -0.1) is 0 Å². The van der Waals surface area contributed by atoms with E-state index in [1.165, 1.54) is 18.2 Å². The van der Waals surface area contributed by atoms with Crippen molar-refractivity contribution in [2.75, 3.05) is 7.11 Å². The molecule has 3 aromatic carbocycles. The van der Waals surface area contributed by atoms with Gasteiger partial charge in [0.05, 0.1) is 23.7 Å². The Morgan fingerprint density at radius 1 is 1.03 bits per heavy atom. The zero-order valence-electron chi connectivity index (χ0n) is 17.4. The van der Waals surface area contributed by atoms with Crippen LogP contribution in [0.1, 0.15) is 44.0 Å². The number of methoxy groups -OCH3 is 1. The summed E-state index contributed by atoms with van der Waals surface area (Å²) in [6, 6.07) is 19.9. The van der Waals surface area contributed by atoms with Crippen molar-refractivity contribution in [3.8, 4) is 0 Å². The summed E-state index contributed by atoms with van der Waals surface area (Å²) in [5.41, 5.74) is 8.08. The summed E-state index contributed by atoms with van der Waals surface area (Å²) in [5.74, 6) is 0.488. The van der Waals surface area contributed by atoms with E-state index in [2.05, 4.69) is 37.0 Å². The summed E-state index contributed by atoms with van der Waals surface area (Å²) in [7, 11) is 1.41. The first kappa shape index (κ1) is 19.6. The maximum atomic E-state index is 12.2. The van der Waals surface area contributed by atoms with Crippen LogP contribution in [0.4, 0.5) is 0 Å². The third-order valence-corrected chi connectivity index (χ3v) is 5.46. The Kier molecular flexibility index (Phi) is 5.48. The first-order chi connectivity index (χ1) is 14.6. The Bertz CT molecular complexity index is 1240. The summed E-state index contributed by atoms with van der Waals surface area (Å²) >= 11 is 0. The highest BCUT2D eigenvalue weighted by Gasteiger charge is 2.16. The fourth-order valence-corrected chi connectivity index (χ4v) is 3.69. The summed E-state index contributed by atoms with van der Waals surface area (Å²) in [6.45, 7) is 4.21. The molecular weight excluding hydrogens is 372 g/mol. The normalized spacial score (nSPS) is 11.3. The minimum atomic E-state index is -0.319. The van der Waals surface area contributed by atoms with Crippen LogP contribution in [0.2, 0.25) is 0 Å². The number of benzene rings is 3. The molecule has 1 heterocycles. The van der Waals surface area contributed by atoms with Crippen LogP contribution in [0, 0.1) is 13.8 Å². The molecule has 0 saturated heterocycles. The molecule has 4 nitrogen and oxygen atoms in total. The minimum absolute atomic E-state index is 0.319. The number of imidazole rings is 1. The standard InChI is InChI=1S/C26H24N2O2/c1-17-15-23-25(28-24(27-23)14-13-19-9-5-4-6-10-19)22(18(17)2)16-20-11-7-8-12-21(20)26(29)30-3/h4-15H,16H2,1-3H3,(H,27,28)/b14-13+. The highest BCUT2D eigenvalue weighted by atomic mass is 16.5. The highest BCUT2D eigenvalue weighted by Crippen LogP contribution is 2.28. The maximum absolute atomic E-state index is 12.2. The molecule has 1 aromatic heterocycles. The molecule has 0 aliphatic carbocycles. The SMILES string of the molecule is COC(=O)c1ccccc1Cc1c(C)c(C)cc2[nH]c(/C=C/c3ccccc3)nc12. The maximum Gasteiger partial charge on any atom is 0.338 e. The second-order valence-corrected chi connectivity index (χ2v) is 7.38. The van der Waals surface area contributed by atoms with Gasteiger partial charge in [0.25, 0.3) is 0 Å². The lowest BCUT2D eigenvalue weighted by atomic mass is 9.93. The number of nitrogens with one attached hydrogen (secondary N) is 1. The molecule has 0 bridgehead atoms. The van der Waals surface area contributed by atoms with E-state index in [1.54, 1.807) is 0 Å². The second kappa shape index (κ2) is 8.37. The van der Waals surface area contributed by atoms with Crippen molar-refractivity contribution in [3.63, 3.8) is 0 Å². The number of carbonyl (C=O) groups excluding carboxylic acids is 1. The number of hydrogen-bond donors (Lipinski definition) is 1. The lowest BCUT2D eigenvalue weighted by molar-refractivity contribution is 0.0599. The van der Waals surface area contributed by atoms with E-state index < -0.39 is 0 Å². The van der Waals surface area contributed by atoms with E-state index in [-0.39, 0.29) is 5.97 Å². The van der Waals surface area contributed by atoms with Crippen LogP contribution in [0.15, 0.2) is 60.7 Å². The lowest BCUT2D eigenvalue weighted by Gasteiger charge is -2.12.